The summed E-state index contributed by atoms with van der Waals surface area (Å²) < 4.78 is 13.6. The SMILES string of the molecule is CC(C)(C)NC(=O)C1(C2CCCCC2)CCN(C(=O)[C@@H](Cc2ccc(F)cc2)NC(=O)[C@@H]2CN[C@@H](C3(C)CC3)CN2)CC1. The molecule has 2 saturated carbocycles. The van der Waals surface area contributed by atoms with Crippen LogP contribution in [0.15, 0.2) is 24.3 Å². The van der Waals surface area contributed by atoms with Gasteiger partial charge < -0.3 is 26.2 Å². The highest BCUT2D eigenvalue weighted by Gasteiger charge is 2.49. The van der Waals surface area contributed by atoms with E-state index in [2.05, 4.69) is 28.2 Å². The van der Waals surface area contributed by atoms with Gasteiger partial charge in [-0.05, 0) is 88.3 Å². The molecule has 0 unspecified atom stereocenters. The maximum atomic E-state index is 14.1. The average molecular weight is 598 g/mol. The Balaban J connectivity index is 1.28. The van der Waals surface area contributed by atoms with E-state index in [0.717, 1.165) is 37.8 Å². The number of rotatable bonds is 8. The molecule has 2 aliphatic carbocycles. The first-order valence-electron chi connectivity index (χ1n) is 16.5. The molecule has 4 N–H and O–H groups in total. The Kier molecular flexibility index (Phi) is 9.52. The summed E-state index contributed by atoms with van der Waals surface area (Å²) in [4.78, 5) is 43.2. The zero-order valence-electron chi connectivity index (χ0n) is 26.6. The Bertz CT molecular complexity index is 1140. The van der Waals surface area contributed by atoms with Crippen molar-refractivity contribution in [2.75, 3.05) is 26.2 Å². The van der Waals surface area contributed by atoms with Gasteiger partial charge >= 0.3 is 0 Å². The number of carbonyl (C=O) groups is 3. The predicted molar refractivity (Wildman–Crippen MR) is 166 cm³/mol. The fraction of sp³-hybridized carbons (Fsp3) is 0.735. The summed E-state index contributed by atoms with van der Waals surface area (Å²) in [6.07, 6.45) is 9.54. The highest BCUT2D eigenvalue weighted by molar-refractivity contribution is 5.90. The minimum absolute atomic E-state index is 0.115. The molecule has 8 nitrogen and oxygen atoms in total. The fourth-order valence-corrected chi connectivity index (χ4v) is 7.50. The van der Waals surface area contributed by atoms with Gasteiger partial charge in [-0.2, -0.15) is 0 Å². The third-order valence-corrected chi connectivity index (χ3v) is 10.6. The normalized spacial score (nSPS) is 26.3. The van der Waals surface area contributed by atoms with Crippen LogP contribution in [0.5, 0.6) is 0 Å². The molecule has 4 aliphatic rings. The van der Waals surface area contributed by atoms with Crippen molar-refractivity contribution in [3.63, 3.8) is 0 Å². The van der Waals surface area contributed by atoms with Crippen molar-refractivity contribution in [3.8, 4) is 0 Å². The molecule has 3 atom stereocenters. The van der Waals surface area contributed by atoms with E-state index in [-0.39, 0.29) is 35.5 Å². The van der Waals surface area contributed by atoms with Crippen molar-refractivity contribution in [1.29, 1.82) is 0 Å². The number of hydrogen-bond donors (Lipinski definition) is 4. The van der Waals surface area contributed by atoms with Gasteiger partial charge in [0.2, 0.25) is 17.7 Å². The molecular weight excluding hydrogens is 545 g/mol. The van der Waals surface area contributed by atoms with E-state index < -0.39 is 17.5 Å². The summed E-state index contributed by atoms with van der Waals surface area (Å²) in [5.74, 6) is -0.244. The second-order valence-electron chi connectivity index (χ2n) is 15.0. The topological polar surface area (TPSA) is 103 Å². The third kappa shape index (κ3) is 7.59. The number of carbonyl (C=O) groups excluding carboxylic acids is 3. The molecule has 0 spiro atoms. The van der Waals surface area contributed by atoms with Crippen molar-refractivity contribution in [2.45, 2.75) is 116 Å². The summed E-state index contributed by atoms with van der Waals surface area (Å²) in [6.45, 7) is 10.5. The van der Waals surface area contributed by atoms with Crippen LogP contribution in [0.1, 0.15) is 91.0 Å². The van der Waals surface area contributed by atoms with Gasteiger partial charge in [-0.25, -0.2) is 4.39 Å². The summed E-state index contributed by atoms with van der Waals surface area (Å²) in [5.41, 5.74) is 0.288. The standard InChI is InChI=1S/C34H52FN5O3/c1-32(2,3)39-31(43)34(24-8-6-5-7-9-24)16-18-40(19-17-34)30(42)26(20-23-10-12-25(35)13-11-23)38-29(41)27-21-37-28(22-36-27)33(4)14-15-33/h10-13,24,26-28,36-37H,5-9,14-22H2,1-4H3,(H,38,41)(H,39,43)/t26-,27+,28-/m1/s1. The van der Waals surface area contributed by atoms with Gasteiger partial charge in [-0.15, -0.1) is 0 Å². The molecule has 238 valence electrons. The maximum Gasteiger partial charge on any atom is 0.245 e. The summed E-state index contributed by atoms with van der Waals surface area (Å²) >= 11 is 0. The third-order valence-electron chi connectivity index (χ3n) is 10.6. The van der Waals surface area contributed by atoms with Gasteiger partial charge in [0, 0.05) is 44.2 Å². The number of amides is 3. The van der Waals surface area contributed by atoms with Crippen LogP contribution in [0.25, 0.3) is 0 Å². The zero-order valence-corrected chi connectivity index (χ0v) is 26.6. The lowest BCUT2D eigenvalue weighted by Crippen LogP contribution is -2.64. The number of halogens is 1. The molecule has 1 aromatic carbocycles. The van der Waals surface area contributed by atoms with Crippen LogP contribution in [0.4, 0.5) is 4.39 Å². The number of likely N-dealkylation sites (tertiary alicyclic amines) is 1. The Labute approximate surface area is 256 Å². The molecule has 2 saturated heterocycles. The zero-order chi connectivity index (χ0) is 30.8. The predicted octanol–water partition coefficient (Wildman–Crippen LogP) is 3.69. The van der Waals surface area contributed by atoms with Crippen molar-refractivity contribution < 1.29 is 18.8 Å². The first kappa shape index (κ1) is 31.9. The van der Waals surface area contributed by atoms with Gasteiger partial charge in [-0.3, -0.25) is 14.4 Å². The summed E-state index contributed by atoms with van der Waals surface area (Å²) in [5, 5.41) is 13.3. The Hall–Kier alpha value is -2.52. The molecular formula is C34H52FN5O3. The highest BCUT2D eigenvalue weighted by atomic mass is 19.1. The monoisotopic (exact) mass is 597 g/mol. The van der Waals surface area contributed by atoms with E-state index in [1.165, 1.54) is 31.4 Å². The minimum atomic E-state index is -0.774. The number of hydrogen-bond acceptors (Lipinski definition) is 5. The highest BCUT2D eigenvalue weighted by Crippen LogP contribution is 2.48. The fourth-order valence-electron chi connectivity index (χ4n) is 7.50. The van der Waals surface area contributed by atoms with Crippen LogP contribution in [0.3, 0.4) is 0 Å². The lowest BCUT2D eigenvalue weighted by molar-refractivity contribution is -0.147. The van der Waals surface area contributed by atoms with E-state index in [0.29, 0.717) is 49.9 Å². The van der Waals surface area contributed by atoms with Crippen LogP contribution >= 0.6 is 0 Å². The largest absolute Gasteiger partial charge is 0.351 e. The second-order valence-corrected chi connectivity index (χ2v) is 15.0. The summed E-state index contributed by atoms with van der Waals surface area (Å²) in [7, 11) is 0. The molecule has 43 heavy (non-hydrogen) atoms. The van der Waals surface area contributed by atoms with Crippen molar-refractivity contribution in [2.24, 2.45) is 16.7 Å². The number of piperazine rings is 1. The number of benzene rings is 1. The van der Waals surface area contributed by atoms with Crippen LogP contribution in [0, 0.1) is 22.6 Å². The Morgan fingerprint density at radius 1 is 0.977 bits per heavy atom. The first-order chi connectivity index (χ1) is 20.4. The number of piperidine rings is 1. The molecule has 2 aliphatic heterocycles. The molecule has 1 aromatic rings. The molecule has 2 heterocycles. The molecule has 5 rings (SSSR count). The van der Waals surface area contributed by atoms with Crippen LogP contribution in [0.2, 0.25) is 0 Å². The van der Waals surface area contributed by atoms with E-state index in [9.17, 15) is 18.8 Å². The van der Waals surface area contributed by atoms with Crippen LogP contribution in [-0.2, 0) is 20.8 Å². The van der Waals surface area contributed by atoms with Gasteiger partial charge in [0.1, 0.15) is 11.9 Å². The smallest absolute Gasteiger partial charge is 0.245 e. The van der Waals surface area contributed by atoms with E-state index in [4.69, 9.17) is 0 Å². The van der Waals surface area contributed by atoms with Crippen molar-refractivity contribution >= 4 is 17.7 Å². The maximum absolute atomic E-state index is 14.1. The van der Waals surface area contributed by atoms with E-state index in [1.807, 2.05) is 25.7 Å². The molecule has 0 radical (unpaired) electrons. The van der Waals surface area contributed by atoms with Crippen molar-refractivity contribution in [1.82, 2.24) is 26.2 Å². The van der Waals surface area contributed by atoms with E-state index in [1.54, 1.807) is 12.1 Å². The molecule has 3 amide bonds. The van der Waals surface area contributed by atoms with Crippen molar-refractivity contribution in [3.05, 3.63) is 35.6 Å². The van der Waals surface area contributed by atoms with Gasteiger partial charge in [0.25, 0.3) is 0 Å². The lowest BCUT2D eigenvalue weighted by atomic mass is 9.63. The molecule has 9 heteroatoms. The first-order valence-corrected chi connectivity index (χ1v) is 16.5. The van der Waals surface area contributed by atoms with Gasteiger partial charge in [0.05, 0.1) is 11.5 Å². The lowest BCUT2D eigenvalue weighted by Gasteiger charge is -2.48. The van der Waals surface area contributed by atoms with Gasteiger partial charge in [-0.1, -0.05) is 38.3 Å². The Morgan fingerprint density at radius 3 is 2.19 bits per heavy atom. The average Bonchev–Trinajstić information content (AvgIpc) is 3.75. The molecule has 4 fully saturated rings. The number of nitrogens with zero attached hydrogens (tertiary/aromatic N) is 1. The van der Waals surface area contributed by atoms with Crippen LogP contribution < -0.4 is 21.3 Å². The Morgan fingerprint density at radius 2 is 1.63 bits per heavy atom. The minimum Gasteiger partial charge on any atom is -0.351 e. The number of nitrogens with one attached hydrogen (secondary N) is 4. The summed E-state index contributed by atoms with van der Waals surface area (Å²) in [6, 6.07) is 5.26. The van der Waals surface area contributed by atoms with E-state index >= 15 is 0 Å². The molecule has 0 bridgehead atoms. The van der Waals surface area contributed by atoms with Crippen LogP contribution in [-0.4, -0.2) is 72.5 Å². The second kappa shape index (κ2) is 12.8. The molecule has 0 aromatic heterocycles. The quantitative estimate of drug-likeness (QED) is 0.366. The van der Waals surface area contributed by atoms with Gasteiger partial charge in [0.15, 0.2) is 0 Å².